The van der Waals surface area contributed by atoms with Crippen LogP contribution < -0.4 is 25.4 Å². The van der Waals surface area contributed by atoms with E-state index in [1.807, 2.05) is 4.90 Å². The van der Waals surface area contributed by atoms with Gasteiger partial charge in [-0.3, -0.25) is 9.79 Å². The molecular weight excluding hydrogens is 605 g/mol. The smallest absolute Gasteiger partial charge is 0.245 e. The van der Waals surface area contributed by atoms with Gasteiger partial charge in [0.15, 0.2) is 5.82 Å². The molecular formula is C34H40FN7O5. The number of hydrogen-bond acceptors (Lipinski definition) is 10. The van der Waals surface area contributed by atoms with Crippen molar-refractivity contribution < 1.29 is 28.9 Å². The van der Waals surface area contributed by atoms with Gasteiger partial charge in [-0.25, -0.2) is 14.4 Å². The SMILES string of the molecule is C=CC(=O)N1CCC(Nc2cc(C(N)=Nc3ccc(Oc4ccnc(N5CCC(CO)(CO)C5)c4)cc3F)c(N=C)cc2OC)CC1. The third-order valence-electron chi connectivity index (χ3n) is 8.65. The molecule has 0 unspecified atom stereocenters. The Kier molecular flexibility index (Phi) is 10.4. The number of nitrogens with one attached hydrogen (secondary N) is 1. The van der Waals surface area contributed by atoms with Crippen LogP contribution in [0.2, 0.25) is 0 Å². The summed E-state index contributed by atoms with van der Waals surface area (Å²) < 4.78 is 26.8. The zero-order valence-electron chi connectivity index (χ0n) is 26.4. The highest BCUT2D eigenvalue weighted by atomic mass is 19.1. The van der Waals surface area contributed by atoms with Crippen molar-refractivity contribution in [3.05, 3.63) is 72.7 Å². The van der Waals surface area contributed by atoms with Crippen LogP contribution in [0, 0.1) is 11.2 Å². The number of carbonyl (C=O) groups is 1. The van der Waals surface area contributed by atoms with E-state index in [9.17, 15) is 15.0 Å². The number of halogens is 1. The minimum Gasteiger partial charge on any atom is -0.495 e. The average Bonchev–Trinajstić information content (AvgIpc) is 3.55. The summed E-state index contributed by atoms with van der Waals surface area (Å²) in [6.07, 6.45) is 5.02. The van der Waals surface area contributed by atoms with Crippen LogP contribution in [0.1, 0.15) is 24.8 Å². The highest BCUT2D eigenvalue weighted by Crippen LogP contribution is 2.36. The molecule has 2 saturated heterocycles. The molecule has 5 N–H and O–H groups in total. The van der Waals surface area contributed by atoms with Crippen molar-refractivity contribution in [3.8, 4) is 17.2 Å². The first-order valence-corrected chi connectivity index (χ1v) is 15.3. The van der Waals surface area contributed by atoms with Crippen molar-refractivity contribution in [2.24, 2.45) is 21.1 Å². The molecule has 47 heavy (non-hydrogen) atoms. The number of nitrogens with zero attached hydrogens (tertiary/aromatic N) is 5. The maximum Gasteiger partial charge on any atom is 0.245 e. The molecule has 2 fully saturated rings. The van der Waals surface area contributed by atoms with Crippen LogP contribution in [0.15, 0.2) is 71.3 Å². The van der Waals surface area contributed by atoms with Crippen LogP contribution in [0.4, 0.5) is 27.3 Å². The third kappa shape index (κ3) is 7.53. The van der Waals surface area contributed by atoms with Crippen molar-refractivity contribution in [1.82, 2.24) is 9.88 Å². The number of methoxy groups -OCH3 is 1. The van der Waals surface area contributed by atoms with Crippen molar-refractivity contribution >= 4 is 41.3 Å². The van der Waals surface area contributed by atoms with Gasteiger partial charge in [0.25, 0.3) is 0 Å². The second-order valence-electron chi connectivity index (χ2n) is 11.7. The molecule has 12 nitrogen and oxygen atoms in total. The lowest BCUT2D eigenvalue weighted by atomic mass is 9.89. The molecule has 2 aliphatic heterocycles. The number of likely N-dealkylation sites (tertiary alicyclic amines) is 1. The van der Waals surface area contributed by atoms with Gasteiger partial charge in [0.1, 0.15) is 34.6 Å². The molecule has 248 valence electrons. The average molecular weight is 646 g/mol. The minimum atomic E-state index is -0.643. The standard InChI is InChI=1S/C34H40FN7O5/c1-4-32(45)41-12-8-22(9-13-41)39-29-17-25(28(37-2)18-30(29)46-3)33(36)40-27-6-5-23(15-26(27)35)47-24-7-11-38-31(16-24)42-14-10-34(19-42,20-43)21-44/h4-7,11,15-18,22,39,43-44H,1-2,8-10,12-14,19-21H2,3H3,(H2,36,40). The largest absolute Gasteiger partial charge is 0.495 e. The number of benzene rings is 2. The van der Waals surface area contributed by atoms with Crippen LogP contribution in [0.25, 0.3) is 0 Å². The van der Waals surface area contributed by atoms with Gasteiger partial charge in [0, 0.05) is 67.6 Å². The predicted molar refractivity (Wildman–Crippen MR) is 180 cm³/mol. The number of aliphatic imine (C=N–C) groups is 2. The molecule has 3 heterocycles. The van der Waals surface area contributed by atoms with E-state index in [4.69, 9.17) is 15.2 Å². The summed E-state index contributed by atoms with van der Waals surface area (Å²) in [4.78, 5) is 28.5. The Bertz CT molecular complexity index is 1650. The van der Waals surface area contributed by atoms with Gasteiger partial charge in [-0.1, -0.05) is 6.58 Å². The Morgan fingerprint density at radius 1 is 1.15 bits per heavy atom. The topological polar surface area (TPSA) is 158 Å². The van der Waals surface area contributed by atoms with Crippen molar-refractivity contribution in [1.29, 1.82) is 0 Å². The molecule has 1 amide bonds. The first kappa shape index (κ1) is 33.4. The van der Waals surface area contributed by atoms with Crippen LogP contribution in [-0.4, -0.2) is 91.1 Å². The van der Waals surface area contributed by atoms with Gasteiger partial charge in [0.05, 0.1) is 31.7 Å². The van der Waals surface area contributed by atoms with Crippen molar-refractivity contribution in [2.45, 2.75) is 25.3 Å². The van der Waals surface area contributed by atoms with Crippen molar-refractivity contribution in [3.63, 3.8) is 0 Å². The Labute approximate surface area is 273 Å². The number of amides is 1. The fourth-order valence-corrected chi connectivity index (χ4v) is 5.82. The number of carbonyl (C=O) groups excluding carboxylic acids is 1. The maximum absolute atomic E-state index is 15.3. The molecule has 5 rings (SSSR count). The highest BCUT2D eigenvalue weighted by molar-refractivity contribution is 6.04. The fraction of sp³-hybridized carbons (Fsp3) is 0.353. The molecule has 2 aromatic carbocycles. The summed E-state index contributed by atoms with van der Waals surface area (Å²) in [6, 6.07) is 11.2. The molecule has 3 aromatic rings. The van der Waals surface area contributed by atoms with E-state index in [1.165, 1.54) is 18.2 Å². The normalized spacial score (nSPS) is 16.6. The van der Waals surface area contributed by atoms with Crippen molar-refractivity contribution in [2.75, 3.05) is 56.7 Å². The Hall–Kier alpha value is -5.01. The van der Waals surface area contributed by atoms with E-state index >= 15 is 4.39 Å². The van der Waals surface area contributed by atoms with Gasteiger partial charge in [0.2, 0.25) is 5.91 Å². The number of hydrogen-bond donors (Lipinski definition) is 4. The van der Waals surface area contributed by atoms with Gasteiger partial charge in [-0.05, 0) is 56.3 Å². The lowest BCUT2D eigenvalue weighted by Crippen LogP contribution is -2.41. The molecule has 13 heteroatoms. The maximum atomic E-state index is 15.3. The van der Waals surface area contributed by atoms with Gasteiger partial charge in [-0.2, -0.15) is 0 Å². The van der Waals surface area contributed by atoms with Gasteiger partial charge < -0.3 is 40.5 Å². The van der Waals surface area contributed by atoms with E-state index < -0.39 is 11.2 Å². The Morgan fingerprint density at radius 2 is 1.89 bits per heavy atom. The zero-order valence-corrected chi connectivity index (χ0v) is 26.4. The highest BCUT2D eigenvalue weighted by Gasteiger charge is 2.37. The number of nitrogens with two attached hydrogens (primary N) is 1. The predicted octanol–water partition coefficient (Wildman–Crippen LogP) is 4.16. The number of ether oxygens (including phenoxy) is 2. The second kappa shape index (κ2) is 14.6. The van der Waals surface area contributed by atoms with E-state index in [0.717, 1.165) is 12.8 Å². The van der Waals surface area contributed by atoms with E-state index in [1.54, 1.807) is 48.5 Å². The summed E-state index contributed by atoms with van der Waals surface area (Å²) in [5.74, 6) is 1.18. The molecule has 0 bridgehead atoms. The summed E-state index contributed by atoms with van der Waals surface area (Å²) in [5.41, 5.74) is 7.37. The number of aliphatic hydroxyl groups excluding tert-OH is 2. The molecule has 0 saturated carbocycles. The number of aliphatic hydroxyl groups is 2. The molecule has 0 aliphatic carbocycles. The monoisotopic (exact) mass is 645 g/mol. The lowest BCUT2D eigenvalue weighted by molar-refractivity contribution is -0.126. The first-order chi connectivity index (χ1) is 22.7. The Morgan fingerprint density at radius 3 is 2.53 bits per heavy atom. The third-order valence-corrected chi connectivity index (χ3v) is 8.65. The number of piperidine rings is 1. The molecule has 2 aliphatic rings. The molecule has 0 spiro atoms. The number of anilines is 2. The Balaban J connectivity index is 1.31. The van der Waals surface area contributed by atoms with Crippen LogP contribution in [0.3, 0.4) is 0 Å². The molecule has 0 radical (unpaired) electrons. The second-order valence-corrected chi connectivity index (χ2v) is 11.7. The molecule has 1 aromatic heterocycles. The summed E-state index contributed by atoms with van der Waals surface area (Å²) in [5, 5.41) is 22.9. The number of pyridine rings is 1. The quantitative estimate of drug-likeness (QED) is 0.129. The lowest BCUT2D eigenvalue weighted by Gasteiger charge is -2.32. The zero-order chi connectivity index (χ0) is 33.6. The summed E-state index contributed by atoms with van der Waals surface area (Å²) in [6.45, 7) is 9.28. The van der Waals surface area contributed by atoms with Crippen LogP contribution in [-0.2, 0) is 4.79 Å². The number of aromatic nitrogens is 1. The van der Waals surface area contributed by atoms with Gasteiger partial charge >= 0.3 is 0 Å². The van der Waals surface area contributed by atoms with Gasteiger partial charge in [-0.15, -0.1) is 0 Å². The number of rotatable bonds is 12. The van der Waals surface area contributed by atoms with E-state index in [2.05, 4.69) is 33.6 Å². The fourth-order valence-electron chi connectivity index (χ4n) is 5.82. The first-order valence-electron chi connectivity index (χ1n) is 15.3. The van der Waals surface area contributed by atoms with E-state index in [-0.39, 0.29) is 42.4 Å². The van der Waals surface area contributed by atoms with Crippen LogP contribution in [0.5, 0.6) is 17.2 Å². The minimum absolute atomic E-state index is 0.00581. The summed E-state index contributed by atoms with van der Waals surface area (Å²) >= 11 is 0. The number of amidine groups is 1. The molecule has 0 atom stereocenters. The van der Waals surface area contributed by atoms with Crippen LogP contribution >= 0.6 is 0 Å². The van der Waals surface area contributed by atoms with E-state index in [0.29, 0.717) is 66.9 Å². The summed E-state index contributed by atoms with van der Waals surface area (Å²) in [7, 11) is 1.55.